The highest BCUT2D eigenvalue weighted by molar-refractivity contribution is 9.10. The van der Waals surface area contributed by atoms with E-state index in [9.17, 15) is 4.79 Å². The van der Waals surface area contributed by atoms with E-state index in [1.165, 1.54) is 24.8 Å². The Morgan fingerprint density at radius 3 is 2.82 bits per heavy atom. The highest BCUT2D eigenvalue weighted by Gasteiger charge is 2.22. The second-order valence-electron chi connectivity index (χ2n) is 4.88. The number of rotatable bonds is 4. The van der Waals surface area contributed by atoms with Gasteiger partial charge in [0, 0.05) is 24.5 Å². The molecule has 0 atom stereocenters. The monoisotopic (exact) mass is 295 g/mol. The molecule has 0 spiro atoms. The smallest absolute Gasteiger partial charge is 0.222 e. The molecule has 1 aliphatic carbocycles. The Morgan fingerprint density at radius 2 is 2.24 bits per heavy atom. The Kier molecular flexibility index (Phi) is 4.21. The molecule has 2 nitrogen and oxygen atoms in total. The molecule has 0 bridgehead atoms. The van der Waals surface area contributed by atoms with Crippen molar-refractivity contribution >= 4 is 21.8 Å². The molecule has 0 radical (unpaired) electrons. The highest BCUT2D eigenvalue weighted by Crippen LogP contribution is 2.29. The van der Waals surface area contributed by atoms with Crippen molar-refractivity contribution in [2.24, 2.45) is 5.92 Å². The lowest BCUT2D eigenvalue weighted by atomic mass is 9.83. The van der Waals surface area contributed by atoms with Crippen molar-refractivity contribution in [1.82, 2.24) is 4.90 Å². The predicted octanol–water partition coefficient (Wildman–Crippen LogP) is 3.60. The Labute approximate surface area is 111 Å². The van der Waals surface area contributed by atoms with Crippen molar-refractivity contribution in [3.05, 3.63) is 34.3 Å². The van der Waals surface area contributed by atoms with Gasteiger partial charge in [-0.2, -0.15) is 0 Å². The van der Waals surface area contributed by atoms with E-state index in [1.54, 1.807) is 0 Å². The first-order valence-corrected chi connectivity index (χ1v) is 6.93. The molecule has 0 aromatic heterocycles. The second-order valence-corrected chi connectivity index (χ2v) is 5.80. The van der Waals surface area contributed by atoms with Crippen LogP contribution in [-0.2, 0) is 11.3 Å². The SMILES string of the molecule is CN(Cc1cccc(Br)c1)C(=O)CC1CCC1. The normalized spacial score (nSPS) is 15.4. The van der Waals surface area contributed by atoms with Gasteiger partial charge >= 0.3 is 0 Å². The minimum atomic E-state index is 0.273. The zero-order valence-electron chi connectivity index (χ0n) is 10.2. The van der Waals surface area contributed by atoms with Crippen LogP contribution >= 0.6 is 15.9 Å². The third-order valence-electron chi connectivity index (χ3n) is 3.42. The zero-order chi connectivity index (χ0) is 12.3. The number of halogens is 1. The van der Waals surface area contributed by atoms with Gasteiger partial charge in [-0.25, -0.2) is 0 Å². The van der Waals surface area contributed by atoms with Gasteiger partial charge < -0.3 is 4.90 Å². The molecule has 0 N–H and O–H groups in total. The first-order chi connectivity index (χ1) is 8.15. The average Bonchev–Trinajstić information content (AvgIpc) is 2.23. The second kappa shape index (κ2) is 5.67. The van der Waals surface area contributed by atoms with Crippen molar-refractivity contribution in [2.75, 3.05) is 7.05 Å². The first-order valence-electron chi connectivity index (χ1n) is 6.13. The van der Waals surface area contributed by atoms with Crippen LogP contribution in [0.3, 0.4) is 0 Å². The lowest BCUT2D eigenvalue weighted by molar-refractivity contribution is -0.132. The third-order valence-corrected chi connectivity index (χ3v) is 3.92. The van der Waals surface area contributed by atoms with Crippen molar-refractivity contribution in [1.29, 1.82) is 0 Å². The molecule has 1 saturated carbocycles. The van der Waals surface area contributed by atoms with Crippen LogP contribution in [0.15, 0.2) is 28.7 Å². The van der Waals surface area contributed by atoms with Gasteiger partial charge in [0.15, 0.2) is 0 Å². The molecule has 0 heterocycles. The van der Waals surface area contributed by atoms with Crippen LogP contribution in [0.1, 0.15) is 31.2 Å². The average molecular weight is 296 g/mol. The molecule has 1 aromatic rings. The van der Waals surface area contributed by atoms with Gasteiger partial charge in [-0.3, -0.25) is 4.79 Å². The van der Waals surface area contributed by atoms with Crippen LogP contribution in [0.5, 0.6) is 0 Å². The Morgan fingerprint density at radius 1 is 1.47 bits per heavy atom. The van der Waals surface area contributed by atoms with E-state index in [0.717, 1.165) is 10.9 Å². The molecule has 3 heteroatoms. The van der Waals surface area contributed by atoms with Gasteiger partial charge in [-0.05, 0) is 36.5 Å². The molecule has 92 valence electrons. The molecule has 1 aromatic carbocycles. The summed E-state index contributed by atoms with van der Waals surface area (Å²) in [5.74, 6) is 0.919. The Bertz CT molecular complexity index is 401. The minimum absolute atomic E-state index is 0.273. The quantitative estimate of drug-likeness (QED) is 0.831. The largest absolute Gasteiger partial charge is 0.341 e. The summed E-state index contributed by atoms with van der Waals surface area (Å²) in [5, 5.41) is 0. The van der Waals surface area contributed by atoms with Gasteiger partial charge in [-0.15, -0.1) is 0 Å². The number of carbonyl (C=O) groups is 1. The third kappa shape index (κ3) is 3.56. The van der Waals surface area contributed by atoms with E-state index < -0.39 is 0 Å². The lowest BCUT2D eigenvalue weighted by Crippen LogP contribution is -2.29. The fourth-order valence-electron chi connectivity index (χ4n) is 2.10. The highest BCUT2D eigenvalue weighted by atomic mass is 79.9. The van der Waals surface area contributed by atoms with Crippen LogP contribution in [0.25, 0.3) is 0 Å². The first kappa shape index (κ1) is 12.6. The van der Waals surface area contributed by atoms with Gasteiger partial charge in [0.1, 0.15) is 0 Å². The standard InChI is InChI=1S/C14H18BrNO/c1-16(14(17)9-11-4-2-5-11)10-12-6-3-7-13(15)8-12/h3,6-8,11H,2,4-5,9-10H2,1H3. The molecule has 17 heavy (non-hydrogen) atoms. The molecule has 0 unspecified atom stereocenters. The van der Waals surface area contributed by atoms with Crippen molar-refractivity contribution in [2.45, 2.75) is 32.2 Å². The number of benzene rings is 1. The summed E-state index contributed by atoms with van der Waals surface area (Å²) < 4.78 is 1.06. The van der Waals surface area contributed by atoms with E-state index in [4.69, 9.17) is 0 Å². The maximum absolute atomic E-state index is 11.9. The summed E-state index contributed by atoms with van der Waals surface area (Å²) in [7, 11) is 1.89. The number of hydrogen-bond acceptors (Lipinski definition) is 1. The molecule has 1 fully saturated rings. The topological polar surface area (TPSA) is 20.3 Å². The molecular formula is C14H18BrNO. The predicted molar refractivity (Wildman–Crippen MR) is 72.6 cm³/mol. The van der Waals surface area contributed by atoms with Crippen LogP contribution < -0.4 is 0 Å². The van der Waals surface area contributed by atoms with Crippen LogP contribution in [0.4, 0.5) is 0 Å². The summed E-state index contributed by atoms with van der Waals surface area (Å²) >= 11 is 3.45. The number of carbonyl (C=O) groups excluding carboxylic acids is 1. The van der Waals surface area contributed by atoms with Crippen LogP contribution in [0, 0.1) is 5.92 Å². The zero-order valence-corrected chi connectivity index (χ0v) is 11.7. The fourth-order valence-corrected chi connectivity index (χ4v) is 2.54. The molecule has 0 aliphatic heterocycles. The molecular weight excluding hydrogens is 278 g/mol. The van der Waals surface area contributed by atoms with Gasteiger partial charge in [0.25, 0.3) is 0 Å². The summed E-state index contributed by atoms with van der Waals surface area (Å²) in [5.41, 5.74) is 1.17. The summed E-state index contributed by atoms with van der Waals surface area (Å²) in [6.45, 7) is 0.699. The summed E-state index contributed by atoms with van der Waals surface area (Å²) in [6, 6.07) is 8.12. The molecule has 1 amide bonds. The maximum Gasteiger partial charge on any atom is 0.222 e. The summed E-state index contributed by atoms with van der Waals surface area (Å²) in [4.78, 5) is 13.8. The number of hydrogen-bond donors (Lipinski definition) is 0. The van der Waals surface area contributed by atoms with E-state index in [2.05, 4.69) is 28.1 Å². The van der Waals surface area contributed by atoms with E-state index in [0.29, 0.717) is 12.5 Å². The van der Waals surface area contributed by atoms with Crippen LogP contribution in [0.2, 0.25) is 0 Å². The van der Waals surface area contributed by atoms with E-state index in [-0.39, 0.29) is 5.91 Å². The maximum atomic E-state index is 11.9. The lowest BCUT2D eigenvalue weighted by Gasteiger charge is -2.27. The van der Waals surface area contributed by atoms with Gasteiger partial charge in [0.05, 0.1) is 0 Å². The van der Waals surface area contributed by atoms with Gasteiger partial charge in [-0.1, -0.05) is 34.5 Å². The van der Waals surface area contributed by atoms with Crippen molar-refractivity contribution in [3.8, 4) is 0 Å². The number of amides is 1. The Hall–Kier alpha value is -0.830. The molecule has 0 saturated heterocycles. The number of nitrogens with zero attached hydrogens (tertiary/aromatic N) is 1. The van der Waals surface area contributed by atoms with Gasteiger partial charge in [0.2, 0.25) is 5.91 Å². The van der Waals surface area contributed by atoms with Crippen molar-refractivity contribution in [3.63, 3.8) is 0 Å². The van der Waals surface area contributed by atoms with Crippen LogP contribution in [-0.4, -0.2) is 17.9 Å². The minimum Gasteiger partial charge on any atom is -0.341 e. The Balaban J connectivity index is 1.87. The fraction of sp³-hybridized carbons (Fsp3) is 0.500. The van der Waals surface area contributed by atoms with E-state index in [1.807, 2.05) is 24.1 Å². The van der Waals surface area contributed by atoms with E-state index >= 15 is 0 Å². The van der Waals surface area contributed by atoms with Crippen molar-refractivity contribution < 1.29 is 4.79 Å². The summed E-state index contributed by atoms with van der Waals surface area (Å²) in [6.07, 6.45) is 4.49. The molecule has 1 aliphatic rings. The molecule has 2 rings (SSSR count).